The van der Waals surface area contributed by atoms with Crippen LogP contribution in [0.5, 0.6) is 5.75 Å². The van der Waals surface area contributed by atoms with Crippen LogP contribution in [-0.4, -0.2) is 20.2 Å². The van der Waals surface area contributed by atoms with Crippen molar-refractivity contribution in [3.63, 3.8) is 0 Å². The highest BCUT2D eigenvalue weighted by molar-refractivity contribution is 7.93. The molecule has 0 fully saturated rings. The molecule has 0 aliphatic rings. The van der Waals surface area contributed by atoms with Gasteiger partial charge in [0.1, 0.15) is 11.0 Å². The zero-order chi connectivity index (χ0) is 12.2. The second-order valence-corrected chi connectivity index (χ2v) is 5.64. The van der Waals surface area contributed by atoms with Crippen molar-refractivity contribution in [2.24, 2.45) is 0 Å². The van der Waals surface area contributed by atoms with E-state index < -0.39 is 15.2 Å². The van der Waals surface area contributed by atoms with Gasteiger partial charge in [-0.2, -0.15) is 0 Å². The Morgan fingerprint density at radius 3 is 2.69 bits per heavy atom. The molecule has 0 bridgehead atoms. The van der Waals surface area contributed by atoms with Crippen LogP contribution in [0.2, 0.25) is 5.02 Å². The maximum atomic E-state index is 11.3. The van der Waals surface area contributed by atoms with Gasteiger partial charge >= 0.3 is 0 Å². The molecule has 0 aliphatic carbocycles. The van der Waals surface area contributed by atoms with E-state index in [0.717, 1.165) is 0 Å². The fourth-order valence-corrected chi connectivity index (χ4v) is 1.94. The Morgan fingerprint density at radius 1 is 1.44 bits per heavy atom. The number of nitrogens with one attached hydrogen (secondary N) is 1. The van der Waals surface area contributed by atoms with Gasteiger partial charge in [0.2, 0.25) is 10.0 Å². The molecule has 0 spiro atoms. The van der Waals surface area contributed by atoms with E-state index in [1.807, 2.05) is 0 Å². The minimum absolute atomic E-state index is 0.287. The van der Waals surface area contributed by atoms with Crippen LogP contribution in [0.4, 0.5) is 5.69 Å². The van der Waals surface area contributed by atoms with Gasteiger partial charge in [-0.25, -0.2) is 8.42 Å². The van der Waals surface area contributed by atoms with Crippen LogP contribution in [0.25, 0.3) is 0 Å². The van der Waals surface area contributed by atoms with Crippen molar-refractivity contribution in [1.29, 1.82) is 0 Å². The molecule has 90 valence electrons. The summed E-state index contributed by atoms with van der Waals surface area (Å²) >= 11 is 11.1. The third-order valence-corrected chi connectivity index (χ3v) is 3.57. The van der Waals surface area contributed by atoms with Crippen LogP contribution in [0, 0.1) is 0 Å². The zero-order valence-corrected chi connectivity index (χ0v) is 10.9. The van der Waals surface area contributed by atoms with Gasteiger partial charge in [-0.1, -0.05) is 11.6 Å². The number of ether oxygens (including phenoxy) is 1. The summed E-state index contributed by atoms with van der Waals surface area (Å²) in [6, 6.07) is 4.68. The predicted molar refractivity (Wildman–Crippen MR) is 65.9 cm³/mol. The molecule has 7 heteroatoms. The number of hydrogen-bond donors (Lipinski definition) is 1. The van der Waals surface area contributed by atoms with Crippen molar-refractivity contribution in [1.82, 2.24) is 0 Å². The first kappa shape index (κ1) is 13.4. The van der Waals surface area contributed by atoms with Gasteiger partial charge in [-0.3, -0.25) is 4.72 Å². The standard InChI is InChI=1S/C9H11Cl2NO3S/c1-2-15-9-4-3-7(11)5-8(9)12-16(13,14)6-10/h3-5,12H,2,6H2,1H3. The summed E-state index contributed by atoms with van der Waals surface area (Å²) in [6.45, 7) is 2.23. The number of anilines is 1. The third kappa shape index (κ3) is 3.73. The van der Waals surface area contributed by atoms with E-state index in [1.54, 1.807) is 19.1 Å². The fraction of sp³-hybridized carbons (Fsp3) is 0.333. The van der Waals surface area contributed by atoms with Crippen molar-refractivity contribution in [2.75, 3.05) is 16.5 Å². The number of alkyl halides is 1. The minimum atomic E-state index is -3.55. The molecule has 0 amide bonds. The van der Waals surface area contributed by atoms with Crippen LogP contribution in [-0.2, 0) is 10.0 Å². The number of sulfonamides is 1. The summed E-state index contributed by atoms with van der Waals surface area (Å²) in [5, 5.41) is -0.110. The lowest BCUT2D eigenvalue weighted by Gasteiger charge is -2.11. The van der Waals surface area contributed by atoms with E-state index >= 15 is 0 Å². The normalized spacial score (nSPS) is 11.2. The molecular weight excluding hydrogens is 273 g/mol. The molecule has 0 aromatic heterocycles. The molecule has 16 heavy (non-hydrogen) atoms. The number of hydrogen-bond acceptors (Lipinski definition) is 3. The molecule has 1 N–H and O–H groups in total. The molecule has 4 nitrogen and oxygen atoms in total. The average Bonchev–Trinajstić information content (AvgIpc) is 2.22. The van der Waals surface area contributed by atoms with E-state index in [0.29, 0.717) is 17.4 Å². The molecular formula is C9H11Cl2NO3S. The van der Waals surface area contributed by atoms with E-state index in [4.69, 9.17) is 27.9 Å². The first-order valence-corrected chi connectivity index (χ1v) is 7.04. The maximum Gasteiger partial charge on any atom is 0.246 e. The monoisotopic (exact) mass is 283 g/mol. The van der Waals surface area contributed by atoms with Crippen LogP contribution in [0.1, 0.15) is 6.92 Å². The highest BCUT2D eigenvalue weighted by atomic mass is 35.5. The third-order valence-electron chi connectivity index (χ3n) is 1.65. The highest BCUT2D eigenvalue weighted by Crippen LogP contribution is 2.28. The Morgan fingerprint density at radius 2 is 2.12 bits per heavy atom. The van der Waals surface area contributed by atoms with Crippen molar-refractivity contribution in [2.45, 2.75) is 6.92 Å². The molecule has 0 atom stereocenters. The van der Waals surface area contributed by atoms with Crippen molar-refractivity contribution < 1.29 is 13.2 Å². The molecule has 1 rings (SSSR count). The van der Waals surface area contributed by atoms with E-state index in [-0.39, 0.29) is 5.69 Å². The minimum Gasteiger partial charge on any atom is -0.492 e. The maximum absolute atomic E-state index is 11.3. The fourth-order valence-electron chi connectivity index (χ4n) is 1.06. The predicted octanol–water partition coefficient (Wildman–Crippen LogP) is 2.68. The lowest BCUT2D eigenvalue weighted by Crippen LogP contribution is -2.14. The summed E-state index contributed by atoms with van der Waals surface area (Å²) in [6.07, 6.45) is 0. The van der Waals surface area contributed by atoms with Gasteiger partial charge < -0.3 is 4.74 Å². The largest absolute Gasteiger partial charge is 0.492 e. The molecule has 0 saturated carbocycles. The Labute approximate surface area is 105 Å². The molecule has 0 heterocycles. The molecule has 0 saturated heterocycles. The summed E-state index contributed by atoms with van der Waals surface area (Å²) in [7, 11) is -3.55. The van der Waals surface area contributed by atoms with Gasteiger partial charge in [-0.05, 0) is 25.1 Å². The summed E-state index contributed by atoms with van der Waals surface area (Å²) in [5.74, 6) is 0.417. The first-order valence-electron chi connectivity index (χ1n) is 4.47. The number of halogens is 2. The van der Waals surface area contributed by atoms with Gasteiger partial charge in [0.15, 0.2) is 0 Å². The van der Waals surface area contributed by atoms with Gasteiger partial charge in [0.25, 0.3) is 0 Å². The van der Waals surface area contributed by atoms with Gasteiger partial charge in [0.05, 0.1) is 12.3 Å². The van der Waals surface area contributed by atoms with E-state index in [9.17, 15) is 8.42 Å². The Kier molecular flexibility index (Phi) is 4.70. The van der Waals surface area contributed by atoms with Gasteiger partial charge in [0, 0.05) is 5.02 Å². The Balaban J connectivity index is 3.05. The smallest absolute Gasteiger partial charge is 0.246 e. The molecule has 1 aromatic rings. The lowest BCUT2D eigenvalue weighted by molar-refractivity contribution is 0.342. The van der Waals surface area contributed by atoms with Crippen LogP contribution in [0.3, 0.4) is 0 Å². The first-order chi connectivity index (χ1) is 7.48. The lowest BCUT2D eigenvalue weighted by atomic mass is 10.3. The summed E-state index contributed by atoms with van der Waals surface area (Å²) in [5.41, 5.74) is 0.287. The molecule has 0 unspecified atom stereocenters. The number of rotatable bonds is 5. The van der Waals surface area contributed by atoms with Crippen LogP contribution in [0.15, 0.2) is 18.2 Å². The highest BCUT2D eigenvalue weighted by Gasteiger charge is 2.12. The average molecular weight is 284 g/mol. The number of benzene rings is 1. The quantitative estimate of drug-likeness (QED) is 0.846. The topological polar surface area (TPSA) is 55.4 Å². The second kappa shape index (κ2) is 5.61. The Hall–Kier alpha value is -0.650. The van der Waals surface area contributed by atoms with Crippen LogP contribution >= 0.6 is 23.2 Å². The second-order valence-electron chi connectivity index (χ2n) is 2.90. The Bertz CT molecular complexity index is 462. The molecule has 1 aromatic carbocycles. The van der Waals surface area contributed by atoms with Crippen molar-refractivity contribution in [3.8, 4) is 5.75 Å². The molecule has 0 aliphatic heterocycles. The zero-order valence-electron chi connectivity index (χ0n) is 8.54. The molecule has 0 radical (unpaired) electrons. The van der Waals surface area contributed by atoms with E-state index in [1.165, 1.54) is 6.07 Å². The summed E-state index contributed by atoms with van der Waals surface area (Å²) < 4.78 is 30.1. The van der Waals surface area contributed by atoms with Gasteiger partial charge in [-0.15, -0.1) is 11.6 Å². The van der Waals surface area contributed by atoms with Crippen LogP contribution < -0.4 is 9.46 Å². The van der Waals surface area contributed by atoms with E-state index in [2.05, 4.69) is 4.72 Å². The SMILES string of the molecule is CCOc1ccc(Cl)cc1NS(=O)(=O)CCl. The van der Waals surface area contributed by atoms with Crippen molar-refractivity contribution >= 4 is 38.9 Å². The summed E-state index contributed by atoms with van der Waals surface area (Å²) in [4.78, 5) is 0. The van der Waals surface area contributed by atoms with Crippen molar-refractivity contribution in [3.05, 3.63) is 23.2 Å².